The minimum absolute atomic E-state index is 0.164. The minimum atomic E-state index is -0.164. The van der Waals surface area contributed by atoms with E-state index in [0.29, 0.717) is 18.0 Å². The van der Waals surface area contributed by atoms with E-state index in [-0.39, 0.29) is 11.1 Å². The summed E-state index contributed by atoms with van der Waals surface area (Å²) in [6.07, 6.45) is 2.70. The summed E-state index contributed by atoms with van der Waals surface area (Å²) in [6.45, 7) is 2.82. The maximum absolute atomic E-state index is 12.0. The van der Waals surface area contributed by atoms with Gasteiger partial charge in [-0.05, 0) is 47.9 Å². The lowest BCUT2D eigenvalue weighted by Crippen LogP contribution is -2.30. The molecule has 2 heterocycles. The second-order valence-electron chi connectivity index (χ2n) is 4.62. The molecule has 0 spiro atoms. The zero-order valence-corrected chi connectivity index (χ0v) is 12.5. The number of likely N-dealkylation sites (tertiary alicyclic amines) is 1. The van der Waals surface area contributed by atoms with Gasteiger partial charge in [0.25, 0.3) is 5.91 Å². The van der Waals surface area contributed by atoms with E-state index in [0.717, 1.165) is 24.0 Å². The van der Waals surface area contributed by atoms with Crippen LogP contribution >= 0.6 is 27.5 Å². The van der Waals surface area contributed by atoms with Crippen LogP contribution in [0.4, 0.5) is 0 Å². The van der Waals surface area contributed by atoms with Gasteiger partial charge in [-0.2, -0.15) is 0 Å². The molecule has 0 aliphatic carbocycles. The van der Waals surface area contributed by atoms with Gasteiger partial charge in [0.2, 0.25) is 0 Å². The Kier molecular flexibility index (Phi) is 4.59. The number of pyridine rings is 1. The molecule has 1 atom stereocenters. The lowest BCUT2D eigenvalue weighted by atomic mass is 10.1. The third-order valence-corrected chi connectivity index (χ3v) is 3.83. The van der Waals surface area contributed by atoms with Crippen molar-refractivity contribution in [2.45, 2.75) is 6.42 Å². The Hall–Kier alpha value is -0.650. The van der Waals surface area contributed by atoms with Crippen molar-refractivity contribution in [3.8, 4) is 0 Å². The van der Waals surface area contributed by atoms with E-state index in [4.69, 9.17) is 11.6 Å². The van der Waals surface area contributed by atoms with Gasteiger partial charge in [0, 0.05) is 23.8 Å². The lowest BCUT2D eigenvalue weighted by Gasteiger charge is -2.12. The van der Waals surface area contributed by atoms with Crippen molar-refractivity contribution in [2.75, 3.05) is 26.7 Å². The number of amides is 1. The molecule has 0 aromatic carbocycles. The first kappa shape index (κ1) is 13.8. The quantitative estimate of drug-likeness (QED) is 0.863. The number of halogens is 2. The topological polar surface area (TPSA) is 45.2 Å². The predicted molar refractivity (Wildman–Crippen MR) is 74.9 cm³/mol. The third kappa shape index (κ3) is 3.43. The maximum atomic E-state index is 12.0. The molecule has 1 aromatic rings. The van der Waals surface area contributed by atoms with Gasteiger partial charge in [0.05, 0.1) is 5.56 Å². The Balaban J connectivity index is 1.93. The SMILES string of the molecule is CN1CCC(CNC(=O)c2cc(Br)cnc2Cl)C1. The average molecular weight is 333 g/mol. The number of rotatable bonds is 3. The molecule has 1 aromatic heterocycles. The molecule has 1 amide bonds. The van der Waals surface area contributed by atoms with E-state index in [1.165, 1.54) is 0 Å². The van der Waals surface area contributed by atoms with Crippen LogP contribution in [0.1, 0.15) is 16.8 Å². The van der Waals surface area contributed by atoms with Crippen molar-refractivity contribution in [3.63, 3.8) is 0 Å². The first-order valence-corrected chi connectivity index (χ1v) is 7.01. The summed E-state index contributed by atoms with van der Waals surface area (Å²) in [6, 6.07) is 1.69. The number of nitrogens with zero attached hydrogens (tertiary/aromatic N) is 2. The van der Waals surface area contributed by atoms with E-state index in [9.17, 15) is 4.79 Å². The van der Waals surface area contributed by atoms with Gasteiger partial charge in [-0.25, -0.2) is 4.98 Å². The molecule has 1 saturated heterocycles. The van der Waals surface area contributed by atoms with Gasteiger partial charge < -0.3 is 10.2 Å². The van der Waals surface area contributed by atoms with Gasteiger partial charge in [-0.3, -0.25) is 4.79 Å². The van der Waals surface area contributed by atoms with Crippen LogP contribution in [0.3, 0.4) is 0 Å². The molecule has 6 heteroatoms. The van der Waals surface area contributed by atoms with Crippen molar-refractivity contribution in [1.29, 1.82) is 0 Å². The molecular formula is C12H15BrClN3O. The lowest BCUT2D eigenvalue weighted by molar-refractivity contribution is 0.0947. The molecule has 1 aliphatic heterocycles. The number of aromatic nitrogens is 1. The Labute approximate surface area is 120 Å². The van der Waals surface area contributed by atoms with Gasteiger partial charge in [0.15, 0.2) is 0 Å². The van der Waals surface area contributed by atoms with Gasteiger partial charge in [0.1, 0.15) is 5.15 Å². The van der Waals surface area contributed by atoms with Crippen molar-refractivity contribution in [3.05, 3.63) is 27.5 Å². The van der Waals surface area contributed by atoms with Crippen LogP contribution in [0.25, 0.3) is 0 Å². The fraction of sp³-hybridized carbons (Fsp3) is 0.500. The molecule has 1 aliphatic rings. The maximum Gasteiger partial charge on any atom is 0.254 e. The molecular weight excluding hydrogens is 318 g/mol. The zero-order valence-electron chi connectivity index (χ0n) is 10.1. The largest absolute Gasteiger partial charge is 0.352 e. The fourth-order valence-electron chi connectivity index (χ4n) is 2.11. The second-order valence-corrected chi connectivity index (χ2v) is 5.89. The summed E-state index contributed by atoms with van der Waals surface area (Å²) >= 11 is 9.19. The van der Waals surface area contributed by atoms with Crippen molar-refractivity contribution >= 4 is 33.4 Å². The normalized spacial score (nSPS) is 20.1. The highest BCUT2D eigenvalue weighted by Crippen LogP contribution is 2.18. The van der Waals surface area contributed by atoms with Crippen LogP contribution in [0.2, 0.25) is 5.15 Å². The van der Waals surface area contributed by atoms with E-state index < -0.39 is 0 Å². The van der Waals surface area contributed by atoms with Crippen molar-refractivity contribution in [2.24, 2.45) is 5.92 Å². The molecule has 0 bridgehead atoms. The molecule has 98 valence electrons. The zero-order chi connectivity index (χ0) is 13.1. The second kappa shape index (κ2) is 5.99. The molecule has 0 saturated carbocycles. The number of hydrogen-bond donors (Lipinski definition) is 1. The van der Waals surface area contributed by atoms with Crippen molar-refractivity contribution < 1.29 is 4.79 Å². The molecule has 18 heavy (non-hydrogen) atoms. The van der Waals surface area contributed by atoms with Gasteiger partial charge in [-0.15, -0.1) is 0 Å². The molecule has 1 unspecified atom stereocenters. The monoisotopic (exact) mass is 331 g/mol. The van der Waals surface area contributed by atoms with E-state index in [1.54, 1.807) is 12.3 Å². The first-order chi connectivity index (χ1) is 8.56. The Morgan fingerprint density at radius 3 is 3.17 bits per heavy atom. The molecule has 4 nitrogen and oxygen atoms in total. The third-order valence-electron chi connectivity index (χ3n) is 3.09. The van der Waals surface area contributed by atoms with Crippen molar-refractivity contribution in [1.82, 2.24) is 15.2 Å². The van der Waals surface area contributed by atoms with Gasteiger partial charge >= 0.3 is 0 Å². The van der Waals surface area contributed by atoms with E-state index in [1.807, 2.05) is 0 Å². The fourth-order valence-corrected chi connectivity index (χ4v) is 2.63. The minimum Gasteiger partial charge on any atom is -0.352 e. The van der Waals surface area contributed by atoms with Gasteiger partial charge in [-0.1, -0.05) is 11.6 Å². The van der Waals surface area contributed by atoms with Crippen LogP contribution in [0, 0.1) is 5.92 Å². The van der Waals surface area contributed by atoms with Crippen LogP contribution < -0.4 is 5.32 Å². The summed E-state index contributed by atoms with van der Waals surface area (Å²) in [5.74, 6) is 0.362. The first-order valence-electron chi connectivity index (χ1n) is 5.84. The average Bonchev–Trinajstić information content (AvgIpc) is 2.75. The van der Waals surface area contributed by atoms with E-state index in [2.05, 4.69) is 38.2 Å². The standard InChI is InChI=1S/C12H15BrClN3O/c1-17-3-2-8(7-17)5-16-12(18)10-4-9(13)6-15-11(10)14/h4,6,8H,2-3,5,7H2,1H3,(H,16,18). The van der Waals surface area contributed by atoms with E-state index >= 15 is 0 Å². The van der Waals surface area contributed by atoms with Crippen LogP contribution in [-0.2, 0) is 0 Å². The number of hydrogen-bond acceptors (Lipinski definition) is 3. The Bertz CT molecular complexity index is 455. The molecule has 1 fully saturated rings. The van der Waals surface area contributed by atoms with Crippen LogP contribution in [0.5, 0.6) is 0 Å². The molecule has 2 rings (SSSR count). The number of carbonyl (C=O) groups excluding carboxylic acids is 1. The Morgan fingerprint density at radius 1 is 1.72 bits per heavy atom. The van der Waals surface area contributed by atoms with Crippen LogP contribution in [0.15, 0.2) is 16.7 Å². The van der Waals surface area contributed by atoms with Crippen LogP contribution in [-0.4, -0.2) is 42.5 Å². The summed E-state index contributed by atoms with van der Waals surface area (Å²) in [5.41, 5.74) is 0.414. The highest BCUT2D eigenvalue weighted by atomic mass is 79.9. The summed E-state index contributed by atoms with van der Waals surface area (Å²) in [4.78, 5) is 18.2. The summed E-state index contributed by atoms with van der Waals surface area (Å²) in [5, 5.41) is 3.15. The molecule has 1 N–H and O–H groups in total. The number of nitrogens with one attached hydrogen (secondary N) is 1. The summed E-state index contributed by atoms with van der Waals surface area (Å²) < 4.78 is 0.748. The summed E-state index contributed by atoms with van der Waals surface area (Å²) in [7, 11) is 2.09. The smallest absolute Gasteiger partial charge is 0.254 e. The number of carbonyl (C=O) groups is 1. The predicted octanol–water partition coefficient (Wildman–Crippen LogP) is 2.18. The highest BCUT2D eigenvalue weighted by molar-refractivity contribution is 9.10. The molecule has 0 radical (unpaired) electrons. The Morgan fingerprint density at radius 2 is 2.50 bits per heavy atom. The highest BCUT2D eigenvalue weighted by Gasteiger charge is 2.20.